The number of para-hydroxylation sites is 2. The fourth-order valence-electron chi connectivity index (χ4n) is 6.00. The van der Waals surface area contributed by atoms with Gasteiger partial charge in [0.1, 0.15) is 22.2 Å². The van der Waals surface area contributed by atoms with Crippen LogP contribution >= 0.6 is 0 Å². The molecule has 4 aromatic heterocycles. The number of hydrogen-bond acceptors (Lipinski definition) is 4. The number of pyridine rings is 1. The summed E-state index contributed by atoms with van der Waals surface area (Å²) < 4.78 is 2.10. The Hall–Kier alpha value is -4.90. The zero-order valence-corrected chi connectivity index (χ0v) is 18.3. The number of hydrogen-bond donors (Lipinski definition) is 0. The van der Waals surface area contributed by atoms with Crippen molar-refractivity contribution in [3.63, 3.8) is 0 Å². The Bertz CT molecular complexity index is 2400. The zero-order valence-electron chi connectivity index (χ0n) is 18.3. The second kappa shape index (κ2) is 5.77. The van der Waals surface area contributed by atoms with Gasteiger partial charge < -0.3 is 0 Å². The summed E-state index contributed by atoms with van der Waals surface area (Å²) in [5.74, 6) is 0. The van der Waals surface area contributed by atoms with Gasteiger partial charge >= 0.3 is 0 Å². The average molecular weight is 446 g/mol. The van der Waals surface area contributed by atoms with Crippen LogP contribution < -0.4 is 5.43 Å². The molecular weight excluding hydrogens is 432 g/mol. The van der Waals surface area contributed by atoms with Gasteiger partial charge in [-0.3, -0.25) is 9.20 Å². The Morgan fingerprint density at radius 1 is 0.543 bits per heavy atom. The van der Waals surface area contributed by atoms with E-state index in [1.807, 2.05) is 54.6 Å². The standard InChI is InChI=1S/C30H14N4O/c35-21-13-12-15-6-5-7-16-14-34-29-24-18-9-2-4-11-20(18)32-27(24)26-23(17-8-1-3-10-19(17)31-26)28(29)33-30(34)25(21)22(15)16/h1-14H. The molecule has 35 heavy (non-hydrogen) atoms. The predicted octanol–water partition coefficient (Wildman–Crippen LogP) is 6.43. The van der Waals surface area contributed by atoms with E-state index in [-0.39, 0.29) is 5.43 Å². The van der Waals surface area contributed by atoms with Crippen molar-refractivity contribution in [3.05, 3.63) is 95.3 Å². The molecule has 5 nitrogen and oxygen atoms in total. The van der Waals surface area contributed by atoms with Crippen LogP contribution in [0.4, 0.5) is 0 Å². The first-order chi connectivity index (χ1) is 17.3. The average Bonchev–Trinajstić information content (AvgIpc) is 3.56. The zero-order chi connectivity index (χ0) is 22.8. The monoisotopic (exact) mass is 446 g/mol. The molecular formula is C30H14N4O. The van der Waals surface area contributed by atoms with Gasteiger partial charge in [-0.2, -0.15) is 0 Å². The van der Waals surface area contributed by atoms with E-state index in [1.165, 1.54) is 0 Å². The molecule has 0 amide bonds. The van der Waals surface area contributed by atoms with Gasteiger partial charge in [-0.05, 0) is 29.0 Å². The molecule has 0 aliphatic heterocycles. The van der Waals surface area contributed by atoms with Crippen molar-refractivity contribution < 1.29 is 0 Å². The van der Waals surface area contributed by atoms with Gasteiger partial charge in [-0.15, -0.1) is 0 Å². The summed E-state index contributed by atoms with van der Waals surface area (Å²) in [6.07, 6.45) is 2.12. The molecule has 0 N–H and O–H groups in total. The van der Waals surface area contributed by atoms with E-state index in [0.29, 0.717) is 11.0 Å². The molecule has 9 aromatic rings. The minimum absolute atomic E-state index is 0.0157. The number of nitrogens with zero attached hydrogens (tertiary/aromatic N) is 4. The largest absolute Gasteiger partial charge is 0.298 e. The van der Waals surface area contributed by atoms with Crippen LogP contribution in [-0.2, 0) is 0 Å². The highest BCUT2D eigenvalue weighted by Gasteiger charge is 2.24. The first-order valence-electron chi connectivity index (χ1n) is 11.6. The SMILES string of the molecule is O=c1ccc2cccc3cn4c(nc5c6c7ccccc7nc6c6nc7ccccc7c6c54)c1c23. The molecule has 0 unspecified atom stereocenters. The molecule has 0 fully saturated rings. The Labute approximate surface area is 196 Å². The normalized spacial score (nSPS) is 12.7. The van der Waals surface area contributed by atoms with E-state index in [1.54, 1.807) is 6.07 Å². The first-order valence-corrected chi connectivity index (χ1v) is 11.6. The Kier molecular flexibility index (Phi) is 2.90. The third kappa shape index (κ3) is 1.97. The van der Waals surface area contributed by atoms with E-state index in [9.17, 15) is 4.79 Å². The van der Waals surface area contributed by atoms with Crippen LogP contribution in [0.1, 0.15) is 0 Å². The van der Waals surface area contributed by atoms with Crippen LogP contribution in [0.2, 0.25) is 0 Å². The minimum atomic E-state index is -0.0157. The maximum absolute atomic E-state index is 13.2. The lowest BCUT2D eigenvalue weighted by atomic mass is 10.0. The Balaban J connectivity index is 1.71. The molecule has 160 valence electrons. The summed E-state index contributed by atoms with van der Waals surface area (Å²) in [6.45, 7) is 0. The molecule has 0 radical (unpaired) electrons. The summed E-state index contributed by atoms with van der Waals surface area (Å²) in [5, 5.41) is 7.82. The molecule has 0 saturated heterocycles. The Morgan fingerprint density at radius 2 is 1.23 bits per heavy atom. The first kappa shape index (κ1) is 17.6. The Morgan fingerprint density at radius 3 is 2.03 bits per heavy atom. The maximum Gasteiger partial charge on any atom is 0.190 e. The topological polar surface area (TPSA) is 60.2 Å². The molecule has 0 spiro atoms. The number of imidazole rings is 1. The molecule has 0 atom stereocenters. The smallest absolute Gasteiger partial charge is 0.190 e. The summed E-state index contributed by atoms with van der Waals surface area (Å²) in [4.78, 5) is 28.5. The molecule has 0 aliphatic rings. The van der Waals surface area contributed by atoms with E-state index in [0.717, 1.165) is 70.8 Å². The lowest BCUT2D eigenvalue weighted by molar-refractivity contribution is 1.26. The van der Waals surface area contributed by atoms with Gasteiger partial charge in [0.05, 0.1) is 21.9 Å². The van der Waals surface area contributed by atoms with Gasteiger partial charge in [0.2, 0.25) is 0 Å². The molecule has 0 aliphatic carbocycles. The molecule has 9 rings (SSSR count). The van der Waals surface area contributed by atoms with Crippen LogP contribution in [-0.4, -0.2) is 19.4 Å². The second-order valence-corrected chi connectivity index (χ2v) is 9.22. The number of rotatable bonds is 0. The van der Waals surface area contributed by atoms with Gasteiger partial charge in [-0.1, -0.05) is 60.7 Å². The van der Waals surface area contributed by atoms with Crippen molar-refractivity contribution in [1.82, 2.24) is 19.4 Å². The molecule has 4 heterocycles. The quantitative estimate of drug-likeness (QED) is 0.269. The van der Waals surface area contributed by atoms with Crippen molar-refractivity contribution in [2.45, 2.75) is 0 Å². The number of aromatic nitrogens is 4. The summed E-state index contributed by atoms with van der Waals surface area (Å²) in [5.41, 5.74) is 6.08. The van der Waals surface area contributed by atoms with E-state index >= 15 is 0 Å². The van der Waals surface area contributed by atoms with Crippen molar-refractivity contribution in [2.24, 2.45) is 0 Å². The van der Waals surface area contributed by atoms with Crippen LogP contribution in [0.25, 0.3) is 81.8 Å². The number of benzene rings is 5. The fourth-order valence-corrected chi connectivity index (χ4v) is 6.00. The van der Waals surface area contributed by atoms with Gasteiger partial charge in [0, 0.05) is 33.1 Å². The van der Waals surface area contributed by atoms with E-state index < -0.39 is 0 Å². The highest BCUT2D eigenvalue weighted by Crippen LogP contribution is 2.42. The molecule has 5 heteroatoms. The fraction of sp³-hybridized carbons (Fsp3) is 0. The van der Waals surface area contributed by atoms with Crippen LogP contribution in [0.15, 0.2) is 89.9 Å². The second-order valence-electron chi connectivity index (χ2n) is 9.22. The van der Waals surface area contributed by atoms with Gasteiger partial charge in [-0.25, -0.2) is 15.0 Å². The third-order valence-electron chi connectivity index (χ3n) is 7.43. The molecule has 5 aromatic carbocycles. The minimum Gasteiger partial charge on any atom is -0.298 e. The summed E-state index contributed by atoms with van der Waals surface area (Å²) in [6, 6.07) is 26.1. The van der Waals surface area contributed by atoms with Crippen LogP contribution in [0.5, 0.6) is 0 Å². The van der Waals surface area contributed by atoms with Crippen molar-refractivity contribution in [3.8, 4) is 0 Å². The van der Waals surface area contributed by atoms with Crippen LogP contribution in [0.3, 0.4) is 0 Å². The van der Waals surface area contributed by atoms with Gasteiger partial charge in [0.25, 0.3) is 0 Å². The predicted molar refractivity (Wildman–Crippen MR) is 142 cm³/mol. The highest BCUT2D eigenvalue weighted by atomic mass is 16.1. The van der Waals surface area contributed by atoms with Crippen molar-refractivity contribution >= 4 is 81.8 Å². The third-order valence-corrected chi connectivity index (χ3v) is 7.43. The maximum atomic E-state index is 13.2. The molecule has 0 bridgehead atoms. The van der Waals surface area contributed by atoms with E-state index in [2.05, 4.69) is 28.8 Å². The lowest BCUT2D eigenvalue weighted by Gasteiger charge is -2.07. The van der Waals surface area contributed by atoms with Crippen molar-refractivity contribution in [2.75, 3.05) is 0 Å². The van der Waals surface area contributed by atoms with Crippen LogP contribution in [0, 0.1) is 0 Å². The molecule has 0 saturated carbocycles. The van der Waals surface area contributed by atoms with Gasteiger partial charge in [0.15, 0.2) is 5.43 Å². The summed E-state index contributed by atoms with van der Waals surface area (Å²) in [7, 11) is 0. The lowest BCUT2D eigenvalue weighted by Crippen LogP contribution is -2.02. The highest BCUT2D eigenvalue weighted by molar-refractivity contribution is 6.34. The number of fused-ring (bicyclic) bond motifs is 13. The van der Waals surface area contributed by atoms with E-state index in [4.69, 9.17) is 15.0 Å². The summed E-state index contributed by atoms with van der Waals surface area (Å²) >= 11 is 0. The van der Waals surface area contributed by atoms with Crippen molar-refractivity contribution in [1.29, 1.82) is 0 Å².